The van der Waals surface area contributed by atoms with Crippen molar-refractivity contribution in [2.45, 2.75) is 13.3 Å². The Morgan fingerprint density at radius 1 is 1.14 bits per heavy atom. The van der Waals surface area contributed by atoms with Crippen molar-refractivity contribution in [3.05, 3.63) is 70.3 Å². The first-order chi connectivity index (χ1) is 14.0. The number of non-ortho nitro benzene ring substituents is 1. The molecular formula is C21H26N5O3+. The lowest BCUT2D eigenvalue weighted by Crippen LogP contribution is -3.15. The van der Waals surface area contributed by atoms with Gasteiger partial charge in [-0.15, -0.1) is 0 Å². The topological polar surface area (TPSA) is 92.3 Å². The van der Waals surface area contributed by atoms with Gasteiger partial charge in [0.15, 0.2) is 0 Å². The highest BCUT2D eigenvalue weighted by Crippen LogP contribution is 2.13. The molecule has 1 amide bonds. The predicted octanol–water partition coefficient (Wildman–Crippen LogP) is 1.23. The molecule has 0 saturated carbocycles. The van der Waals surface area contributed by atoms with E-state index in [1.165, 1.54) is 22.7 Å². The zero-order valence-electron chi connectivity index (χ0n) is 16.5. The van der Waals surface area contributed by atoms with Gasteiger partial charge in [-0.1, -0.05) is 18.2 Å². The molecule has 1 aliphatic rings. The fourth-order valence-corrected chi connectivity index (χ4v) is 3.35. The van der Waals surface area contributed by atoms with Gasteiger partial charge in [0, 0.05) is 17.8 Å². The molecule has 0 unspecified atom stereocenters. The second kappa shape index (κ2) is 9.79. The largest absolute Gasteiger partial charge is 0.360 e. The maximum atomic E-state index is 12.1. The Morgan fingerprint density at radius 2 is 1.79 bits per heavy atom. The lowest BCUT2D eigenvalue weighted by Gasteiger charge is -2.33. The molecule has 8 heteroatoms. The summed E-state index contributed by atoms with van der Waals surface area (Å²) in [5.74, 6) is -0.121. The van der Waals surface area contributed by atoms with Gasteiger partial charge in [0.05, 0.1) is 49.8 Å². The summed E-state index contributed by atoms with van der Waals surface area (Å²) in [5, 5.41) is 14.8. The molecule has 1 saturated heterocycles. The molecule has 2 aromatic rings. The smallest absolute Gasteiger partial charge is 0.269 e. The summed E-state index contributed by atoms with van der Waals surface area (Å²) >= 11 is 0. The highest BCUT2D eigenvalue weighted by molar-refractivity contribution is 5.99. The van der Waals surface area contributed by atoms with E-state index in [4.69, 9.17) is 0 Å². The van der Waals surface area contributed by atoms with Gasteiger partial charge in [-0.3, -0.25) is 14.9 Å². The predicted molar refractivity (Wildman–Crippen MR) is 112 cm³/mol. The number of rotatable bonds is 7. The number of nitro benzene ring substituents is 1. The summed E-state index contributed by atoms with van der Waals surface area (Å²) in [7, 11) is 0. The Bertz CT molecular complexity index is 860. The van der Waals surface area contributed by atoms with Crippen molar-refractivity contribution < 1.29 is 14.6 Å². The fourth-order valence-electron chi connectivity index (χ4n) is 3.35. The minimum atomic E-state index is -0.444. The Kier molecular flexibility index (Phi) is 6.91. The number of amides is 1. The number of nitrogens with one attached hydrogen (secondary N) is 2. The van der Waals surface area contributed by atoms with Gasteiger partial charge in [-0.25, -0.2) is 5.43 Å². The average molecular weight is 396 g/mol. The second-order valence-electron chi connectivity index (χ2n) is 7.11. The van der Waals surface area contributed by atoms with E-state index in [2.05, 4.69) is 39.7 Å². The first kappa shape index (κ1) is 20.5. The number of para-hydroxylation sites is 1. The second-order valence-corrected chi connectivity index (χ2v) is 7.11. The van der Waals surface area contributed by atoms with Crippen LogP contribution in [0.1, 0.15) is 18.9 Å². The third-order valence-electron chi connectivity index (χ3n) is 5.14. The summed E-state index contributed by atoms with van der Waals surface area (Å²) in [6.07, 6.45) is 0.414. The van der Waals surface area contributed by atoms with Crippen molar-refractivity contribution in [1.29, 1.82) is 0 Å². The van der Waals surface area contributed by atoms with Gasteiger partial charge >= 0.3 is 0 Å². The number of nitro groups is 1. The van der Waals surface area contributed by atoms with Crippen LogP contribution >= 0.6 is 0 Å². The molecular weight excluding hydrogens is 370 g/mol. The zero-order chi connectivity index (χ0) is 20.6. The van der Waals surface area contributed by atoms with Crippen LogP contribution in [0, 0.1) is 10.1 Å². The van der Waals surface area contributed by atoms with Gasteiger partial charge in [0.25, 0.3) is 5.69 Å². The Hall–Kier alpha value is -3.26. The van der Waals surface area contributed by atoms with Crippen LogP contribution in [0.3, 0.4) is 0 Å². The minimum absolute atomic E-state index is 0.0286. The normalized spacial score (nSPS) is 15.2. The molecule has 0 aliphatic carbocycles. The van der Waals surface area contributed by atoms with E-state index in [-0.39, 0.29) is 11.6 Å². The van der Waals surface area contributed by atoms with Crippen LogP contribution in [0.5, 0.6) is 0 Å². The molecule has 0 aromatic heterocycles. The van der Waals surface area contributed by atoms with E-state index in [0.717, 1.165) is 38.3 Å². The third kappa shape index (κ3) is 5.86. The third-order valence-corrected chi connectivity index (χ3v) is 5.14. The number of anilines is 1. The molecule has 0 radical (unpaired) electrons. The van der Waals surface area contributed by atoms with Gasteiger partial charge in [-0.2, -0.15) is 5.10 Å². The van der Waals surface area contributed by atoms with E-state index >= 15 is 0 Å². The molecule has 0 spiro atoms. The molecule has 152 valence electrons. The highest BCUT2D eigenvalue weighted by Gasteiger charge is 2.20. The number of carbonyl (C=O) groups is 1. The maximum Gasteiger partial charge on any atom is 0.269 e. The quantitative estimate of drug-likeness (QED) is 0.418. The Balaban J connectivity index is 1.41. The van der Waals surface area contributed by atoms with Crippen LogP contribution in [0.2, 0.25) is 0 Å². The molecule has 3 rings (SSSR count). The van der Waals surface area contributed by atoms with Crippen molar-refractivity contribution in [2.24, 2.45) is 5.10 Å². The minimum Gasteiger partial charge on any atom is -0.360 e. The van der Waals surface area contributed by atoms with Crippen LogP contribution in [-0.4, -0.2) is 49.3 Å². The molecule has 0 bridgehead atoms. The van der Waals surface area contributed by atoms with Crippen LogP contribution in [0.15, 0.2) is 59.7 Å². The van der Waals surface area contributed by atoms with Gasteiger partial charge in [0.2, 0.25) is 5.91 Å². The summed E-state index contributed by atoms with van der Waals surface area (Å²) in [4.78, 5) is 26.2. The number of piperazine rings is 1. The highest BCUT2D eigenvalue weighted by atomic mass is 16.6. The number of carbonyl (C=O) groups excluding carboxylic acids is 1. The van der Waals surface area contributed by atoms with Crippen molar-refractivity contribution >= 4 is 23.0 Å². The number of hydrogen-bond donors (Lipinski definition) is 2. The molecule has 8 nitrogen and oxygen atoms in total. The van der Waals surface area contributed by atoms with E-state index in [0.29, 0.717) is 12.1 Å². The molecule has 0 atom stereocenters. The number of nitrogens with zero attached hydrogens (tertiary/aromatic N) is 3. The maximum absolute atomic E-state index is 12.1. The lowest BCUT2D eigenvalue weighted by molar-refractivity contribution is -0.900. The summed E-state index contributed by atoms with van der Waals surface area (Å²) in [6, 6.07) is 16.5. The Morgan fingerprint density at radius 3 is 2.41 bits per heavy atom. The summed E-state index contributed by atoms with van der Waals surface area (Å²) in [6.45, 7) is 6.52. The van der Waals surface area contributed by atoms with Crippen molar-refractivity contribution in [1.82, 2.24) is 5.43 Å². The standard InChI is InChI=1S/C21H25N5O3/c1-17(18-7-9-20(10-8-18)26(28)29)22-23-21(27)11-12-24-13-15-25(16-14-24)19-5-3-2-4-6-19/h2-10H,11-16H2,1H3,(H,23,27)/p+1/b22-17-. The fraction of sp³-hybridized carbons (Fsp3) is 0.333. The molecule has 1 heterocycles. The molecule has 2 N–H and O–H groups in total. The average Bonchev–Trinajstić information content (AvgIpc) is 2.77. The Labute approximate surface area is 170 Å². The van der Waals surface area contributed by atoms with Gasteiger partial charge in [-0.05, 0) is 36.8 Å². The van der Waals surface area contributed by atoms with Gasteiger partial charge < -0.3 is 9.80 Å². The van der Waals surface area contributed by atoms with Crippen LogP contribution in [-0.2, 0) is 4.79 Å². The lowest BCUT2D eigenvalue weighted by atomic mass is 10.1. The molecule has 2 aromatic carbocycles. The van der Waals surface area contributed by atoms with E-state index in [1.807, 2.05) is 6.07 Å². The molecule has 29 heavy (non-hydrogen) atoms. The van der Waals surface area contributed by atoms with E-state index in [9.17, 15) is 14.9 Å². The summed E-state index contributed by atoms with van der Waals surface area (Å²) in [5.41, 5.74) is 5.21. The van der Waals surface area contributed by atoms with Crippen molar-refractivity contribution in [3.8, 4) is 0 Å². The van der Waals surface area contributed by atoms with Crippen LogP contribution in [0.4, 0.5) is 11.4 Å². The molecule has 1 aliphatic heterocycles. The van der Waals surface area contributed by atoms with Gasteiger partial charge in [0.1, 0.15) is 0 Å². The summed E-state index contributed by atoms with van der Waals surface area (Å²) < 4.78 is 0. The number of hydrogen-bond acceptors (Lipinski definition) is 5. The first-order valence-corrected chi connectivity index (χ1v) is 9.74. The van der Waals surface area contributed by atoms with E-state index < -0.39 is 4.92 Å². The molecule has 1 fully saturated rings. The van der Waals surface area contributed by atoms with Crippen LogP contribution < -0.4 is 15.2 Å². The van der Waals surface area contributed by atoms with Crippen LogP contribution in [0.25, 0.3) is 0 Å². The van der Waals surface area contributed by atoms with Crippen molar-refractivity contribution in [3.63, 3.8) is 0 Å². The number of hydrazone groups is 1. The van der Waals surface area contributed by atoms with Crippen molar-refractivity contribution in [2.75, 3.05) is 37.6 Å². The number of quaternary nitrogens is 1. The first-order valence-electron chi connectivity index (χ1n) is 9.74. The SMILES string of the molecule is C/C(=N/NC(=O)CC[NH+]1CCN(c2ccccc2)CC1)c1ccc([N+](=O)[O-])cc1. The zero-order valence-corrected chi connectivity index (χ0v) is 16.5. The van der Waals surface area contributed by atoms with E-state index in [1.54, 1.807) is 19.1 Å². The monoisotopic (exact) mass is 396 g/mol. The number of benzene rings is 2.